The maximum absolute atomic E-state index is 8.67. The summed E-state index contributed by atoms with van der Waals surface area (Å²) in [5.41, 5.74) is 7.14. The number of aliphatic hydroxyl groups is 1. The molecule has 0 saturated heterocycles. The molecule has 0 unspecified atom stereocenters. The Kier molecular flexibility index (Phi) is 7.54. The summed E-state index contributed by atoms with van der Waals surface area (Å²) in [6.07, 6.45) is 1.61. The molecule has 0 saturated carbocycles. The van der Waals surface area contributed by atoms with E-state index >= 15 is 0 Å². The molecular weight excluding hydrogens is 312 g/mol. The van der Waals surface area contributed by atoms with Crippen LogP contribution in [-0.4, -0.2) is 11.7 Å². The van der Waals surface area contributed by atoms with Crippen molar-refractivity contribution in [2.75, 3.05) is 6.61 Å². The van der Waals surface area contributed by atoms with E-state index in [4.69, 9.17) is 10.8 Å². The molecule has 0 heterocycles. The van der Waals surface area contributed by atoms with Gasteiger partial charge in [0.2, 0.25) is 0 Å². The molecule has 0 aromatic heterocycles. The van der Waals surface area contributed by atoms with Crippen molar-refractivity contribution in [1.29, 1.82) is 0 Å². The Bertz CT molecular complexity index is 270. The largest absolute Gasteiger partial charge is 0.396 e. The Morgan fingerprint density at radius 2 is 2.00 bits per heavy atom. The van der Waals surface area contributed by atoms with Crippen LogP contribution in [0, 0.1) is 3.57 Å². The zero-order valence-corrected chi connectivity index (χ0v) is 10.8. The van der Waals surface area contributed by atoms with Crippen molar-refractivity contribution in [3.05, 3.63) is 33.4 Å². The van der Waals surface area contributed by atoms with E-state index in [1.54, 1.807) is 0 Å². The third-order valence-electron chi connectivity index (χ3n) is 1.98. The molecule has 0 aliphatic carbocycles. The summed E-state index contributed by atoms with van der Waals surface area (Å²) < 4.78 is 1.20. The highest BCUT2D eigenvalue weighted by molar-refractivity contribution is 14.1. The number of halogens is 2. The average Bonchev–Trinajstić information content (AvgIpc) is 2.15. The standard InChI is InChI=1S/C10H14INO.ClH/c11-9-5-2-1-4-8(9)10(12)6-3-7-13;/h1-2,4-5,10,13H,3,6-7,12H2;1H/t10-;/m0./s1. The average molecular weight is 328 g/mol. The van der Waals surface area contributed by atoms with Gasteiger partial charge in [-0.05, 0) is 47.1 Å². The lowest BCUT2D eigenvalue weighted by atomic mass is 10.0. The predicted molar refractivity (Wildman–Crippen MR) is 69.7 cm³/mol. The molecule has 14 heavy (non-hydrogen) atoms. The van der Waals surface area contributed by atoms with Crippen molar-refractivity contribution in [1.82, 2.24) is 0 Å². The second kappa shape index (κ2) is 7.45. The van der Waals surface area contributed by atoms with Gasteiger partial charge in [-0.15, -0.1) is 12.4 Å². The van der Waals surface area contributed by atoms with Crippen LogP contribution < -0.4 is 5.73 Å². The van der Waals surface area contributed by atoms with Gasteiger partial charge < -0.3 is 10.8 Å². The van der Waals surface area contributed by atoms with Crippen molar-refractivity contribution in [2.45, 2.75) is 18.9 Å². The molecule has 1 rings (SSSR count). The summed E-state index contributed by atoms with van der Waals surface area (Å²) in [6, 6.07) is 8.15. The molecule has 0 radical (unpaired) electrons. The fourth-order valence-electron chi connectivity index (χ4n) is 1.24. The van der Waals surface area contributed by atoms with Crippen LogP contribution in [0.2, 0.25) is 0 Å². The lowest BCUT2D eigenvalue weighted by Crippen LogP contribution is -2.12. The number of hydrogen-bond acceptors (Lipinski definition) is 2. The Balaban J connectivity index is 0.00000169. The molecule has 80 valence electrons. The zero-order valence-electron chi connectivity index (χ0n) is 7.82. The molecule has 0 fully saturated rings. The van der Waals surface area contributed by atoms with E-state index in [0.717, 1.165) is 12.8 Å². The van der Waals surface area contributed by atoms with E-state index in [1.807, 2.05) is 18.2 Å². The van der Waals surface area contributed by atoms with Gasteiger partial charge in [0.15, 0.2) is 0 Å². The molecule has 1 aromatic rings. The van der Waals surface area contributed by atoms with Crippen molar-refractivity contribution in [3.8, 4) is 0 Å². The zero-order chi connectivity index (χ0) is 9.68. The van der Waals surface area contributed by atoms with E-state index in [2.05, 4.69) is 28.7 Å². The molecule has 4 heteroatoms. The van der Waals surface area contributed by atoms with Gasteiger partial charge in [0.25, 0.3) is 0 Å². The van der Waals surface area contributed by atoms with Crippen LogP contribution >= 0.6 is 35.0 Å². The number of nitrogens with two attached hydrogens (primary N) is 1. The lowest BCUT2D eigenvalue weighted by molar-refractivity contribution is 0.280. The monoisotopic (exact) mass is 327 g/mol. The van der Waals surface area contributed by atoms with E-state index in [0.29, 0.717) is 0 Å². The highest BCUT2D eigenvalue weighted by Gasteiger charge is 2.07. The third kappa shape index (κ3) is 4.13. The SMILES string of the molecule is Cl.N[C@@H](CCCO)c1ccccc1I. The first kappa shape index (κ1) is 14.2. The van der Waals surface area contributed by atoms with Gasteiger partial charge in [-0.3, -0.25) is 0 Å². The highest BCUT2D eigenvalue weighted by Crippen LogP contribution is 2.21. The quantitative estimate of drug-likeness (QED) is 0.835. The van der Waals surface area contributed by atoms with Gasteiger partial charge >= 0.3 is 0 Å². The van der Waals surface area contributed by atoms with Gasteiger partial charge in [0, 0.05) is 16.2 Å². The minimum Gasteiger partial charge on any atom is -0.396 e. The first-order valence-electron chi connectivity index (χ1n) is 4.36. The van der Waals surface area contributed by atoms with E-state index in [-0.39, 0.29) is 25.1 Å². The molecule has 1 atom stereocenters. The van der Waals surface area contributed by atoms with E-state index in [9.17, 15) is 0 Å². The summed E-state index contributed by atoms with van der Waals surface area (Å²) in [7, 11) is 0. The van der Waals surface area contributed by atoms with E-state index < -0.39 is 0 Å². The molecule has 0 spiro atoms. The lowest BCUT2D eigenvalue weighted by Gasteiger charge is -2.12. The number of rotatable bonds is 4. The maximum Gasteiger partial charge on any atom is 0.0431 e. The Morgan fingerprint density at radius 1 is 1.36 bits per heavy atom. The minimum absolute atomic E-state index is 0. The fourth-order valence-corrected chi connectivity index (χ4v) is 2.03. The molecule has 3 N–H and O–H groups in total. The summed E-state index contributed by atoms with van der Waals surface area (Å²) in [5.74, 6) is 0. The summed E-state index contributed by atoms with van der Waals surface area (Å²) in [6.45, 7) is 0.219. The molecule has 2 nitrogen and oxygen atoms in total. The van der Waals surface area contributed by atoms with Crippen LogP contribution in [-0.2, 0) is 0 Å². The Morgan fingerprint density at radius 3 is 2.57 bits per heavy atom. The van der Waals surface area contributed by atoms with Crippen molar-refractivity contribution >= 4 is 35.0 Å². The van der Waals surface area contributed by atoms with Crippen LogP contribution in [0.4, 0.5) is 0 Å². The van der Waals surface area contributed by atoms with Crippen molar-refractivity contribution in [3.63, 3.8) is 0 Å². The van der Waals surface area contributed by atoms with Crippen LogP contribution in [0.15, 0.2) is 24.3 Å². The third-order valence-corrected chi connectivity index (χ3v) is 2.96. The van der Waals surface area contributed by atoms with Gasteiger partial charge in [-0.1, -0.05) is 18.2 Å². The van der Waals surface area contributed by atoms with Gasteiger partial charge in [-0.2, -0.15) is 0 Å². The molecule has 0 bridgehead atoms. The molecule has 1 aromatic carbocycles. The smallest absolute Gasteiger partial charge is 0.0431 e. The van der Waals surface area contributed by atoms with E-state index in [1.165, 1.54) is 9.13 Å². The normalized spacial score (nSPS) is 11.9. The van der Waals surface area contributed by atoms with Gasteiger partial charge in [0.1, 0.15) is 0 Å². The highest BCUT2D eigenvalue weighted by atomic mass is 127. The first-order chi connectivity index (χ1) is 6.25. The van der Waals surface area contributed by atoms with Crippen molar-refractivity contribution in [2.24, 2.45) is 5.73 Å². The second-order valence-electron chi connectivity index (χ2n) is 2.99. The molecule has 0 aliphatic heterocycles. The van der Waals surface area contributed by atoms with Crippen LogP contribution in [0.5, 0.6) is 0 Å². The second-order valence-corrected chi connectivity index (χ2v) is 4.16. The summed E-state index contributed by atoms with van der Waals surface area (Å²) in [5, 5.41) is 8.67. The number of hydrogen-bond donors (Lipinski definition) is 2. The first-order valence-corrected chi connectivity index (χ1v) is 5.44. The van der Waals surface area contributed by atoms with Crippen LogP contribution in [0.25, 0.3) is 0 Å². The number of benzene rings is 1. The van der Waals surface area contributed by atoms with Gasteiger partial charge in [0.05, 0.1) is 0 Å². The maximum atomic E-state index is 8.67. The summed E-state index contributed by atoms with van der Waals surface area (Å²) in [4.78, 5) is 0. The molecule has 0 aliphatic rings. The van der Waals surface area contributed by atoms with Crippen LogP contribution in [0.3, 0.4) is 0 Å². The Labute approximate surface area is 104 Å². The summed E-state index contributed by atoms with van der Waals surface area (Å²) >= 11 is 2.28. The van der Waals surface area contributed by atoms with Crippen molar-refractivity contribution < 1.29 is 5.11 Å². The molecule has 0 amide bonds. The van der Waals surface area contributed by atoms with Gasteiger partial charge in [-0.25, -0.2) is 0 Å². The Hall–Kier alpha value is 0.160. The minimum atomic E-state index is 0. The topological polar surface area (TPSA) is 46.2 Å². The fraction of sp³-hybridized carbons (Fsp3) is 0.400. The van der Waals surface area contributed by atoms with Crippen LogP contribution in [0.1, 0.15) is 24.4 Å². The molecular formula is C10H15ClINO. The number of aliphatic hydroxyl groups excluding tert-OH is 1. The predicted octanol–water partition coefficient (Wildman–Crippen LogP) is 2.49.